The Morgan fingerprint density at radius 3 is 2.39 bits per heavy atom. The molecule has 4 N–H and O–H groups in total. The summed E-state index contributed by atoms with van der Waals surface area (Å²) in [6.45, 7) is 7.41. The van der Waals surface area contributed by atoms with E-state index >= 15 is 0 Å². The maximum atomic E-state index is 5.69. The fraction of sp³-hybridized carbons (Fsp3) is 0.600. The summed E-state index contributed by atoms with van der Waals surface area (Å²) in [5.74, 6) is 1.10. The van der Waals surface area contributed by atoms with E-state index in [9.17, 15) is 0 Å². The molecule has 0 saturated carbocycles. The molecule has 1 aromatic rings. The van der Waals surface area contributed by atoms with Crippen LogP contribution in [-0.2, 0) is 0 Å². The third-order valence-corrected chi connectivity index (χ3v) is 3.93. The third kappa shape index (κ3) is 2.74. The molecule has 100 valence electrons. The maximum Gasteiger partial charge on any atom is 0.0309 e. The lowest BCUT2D eigenvalue weighted by Gasteiger charge is -2.21. The van der Waals surface area contributed by atoms with Crippen LogP contribution in [0.5, 0.6) is 0 Å². The van der Waals surface area contributed by atoms with Gasteiger partial charge in [0.15, 0.2) is 0 Å². The molecule has 3 heteroatoms. The van der Waals surface area contributed by atoms with E-state index < -0.39 is 0 Å². The minimum atomic E-state index is 0.440. The van der Waals surface area contributed by atoms with Crippen molar-refractivity contribution in [2.45, 2.75) is 51.1 Å². The van der Waals surface area contributed by atoms with Gasteiger partial charge in [0.05, 0.1) is 0 Å². The van der Waals surface area contributed by atoms with Gasteiger partial charge in [0.2, 0.25) is 0 Å². The lowest BCUT2D eigenvalue weighted by molar-refractivity contribution is 0.498. The van der Waals surface area contributed by atoms with E-state index in [0.717, 1.165) is 13.0 Å². The summed E-state index contributed by atoms with van der Waals surface area (Å²) in [7, 11) is 0. The molecule has 3 nitrogen and oxygen atoms in total. The first-order valence-corrected chi connectivity index (χ1v) is 6.94. The average Bonchev–Trinajstić information content (AvgIpc) is 2.71. The Morgan fingerprint density at radius 1 is 1.17 bits per heavy atom. The summed E-state index contributed by atoms with van der Waals surface area (Å²) in [4.78, 5) is 0. The van der Waals surface area contributed by atoms with Crippen LogP contribution in [0.25, 0.3) is 0 Å². The molecular weight excluding hydrogens is 222 g/mol. The molecule has 0 spiro atoms. The van der Waals surface area contributed by atoms with Gasteiger partial charge in [-0.15, -0.1) is 0 Å². The SMILES string of the molecule is CC(C)c1ccc(C2C(C)NNC2CCN)cc1. The van der Waals surface area contributed by atoms with E-state index in [1.807, 2.05) is 0 Å². The van der Waals surface area contributed by atoms with Gasteiger partial charge >= 0.3 is 0 Å². The summed E-state index contributed by atoms with van der Waals surface area (Å²) < 4.78 is 0. The molecule has 3 unspecified atom stereocenters. The topological polar surface area (TPSA) is 50.1 Å². The summed E-state index contributed by atoms with van der Waals surface area (Å²) in [5, 5.41) is 0. The minimum Gasteiger partial charge on any atom is -0.330 e. The van der Waals surface area contributed by atoms with Crippen LogP contribution in [0.1, 0.15) is 50.2 Å². The first-order chi connectivity index (χ1) is 8.63. The molecule has 1 fully saturated rings. The molecule has 0 radical (unpaired) electrons. The van der Waals surface area contributed by atoms with Crippen molar-refractivity contribution in [1.82, 2.24) is 10.9 Å². The fourth-order valence-electron chi connectivity index (χ4n) is 2.82. The van der Waals surface area contributed by atoms with Crippen molar-refractivity contribution in [3.8, 4) is 0 Å². The Labute approximate surface area is 110 Å². The van der Waals surface area contributed by atoms with E-state index in [1.54, 1.807) is 0 Å². The molecular formula is C15H25N3. The van der Waals surface area contributed by atoms with Gasteiger partial charge in [0.1, 0.15) is 0 Å². The Bertz CT molecular complexity index is 370. The number of hydrogen-bond acceptors (Lipinski definition) is 3. The Hall–Kier alpha value is -0.900. The van der Waals surface area contributed by atoms with Crippen molar-refractivity contribution in [3.63, 3.8) is 0 Å². The van der Waals surface area contributed by atoms with E-state index in [1.165, 1.54) is 11.1 Å². The van der Waals surface area contributed by atoms with Crippen molar-refractivity contribution in [1.29, 1.82) is 0 Å². The second-order valence-corrected chi connectivity index (χ2v) is 5.61. The zero-order valence-electron chi connectivity index (χ0n) is 11.6. The van der Waals surface area contributed by atoms with E-state index in [4.69, 9.17) is 5.73 Å². The summed E-state index contributed by atoms with van der Waals surface area (Å²) >= 11 is 0. The van der Waals surface area contributed by atoms with Gasteiger partial charge in [-0.3, -0.25) is 10.9 Å². The second kappa shape index (κ2) is 5.83. The number of benzene rings is 1. The van der Waals surface area contributed by atoms with Crippen LogP contribution in [0.4, 0.5) is 0 Å². The highest BCUT2D eigenvalue weighted by atomic mass is 15.4. The van der Waals surface area contributed by atoms with E-state index in [-0.39, 0.29) is 0 Å². The van der Waals surface area contributed by atoms with Crippen LogP contribution in [0.3, 0.4) is 0 Å². The molecule has 0 aliphatic carbocycles. The largest absolute Gasteiger partial charge is 0.330 e. The average molecular weight is 247 g/mol. The molecule has 18 heavy (non-hydrogen) atoms. The third-order valence-electron chi connectivity index (χ3n) is 3.93. The molecule has 0 aromatic heterocycles. The normalized spacial score (nSPS) is 27.9. The molecule has 0 bridgehead atoms. The predicted octanol–water partition coefficient (Wildman–Crippen LogP) is 2.11. The van der Waals surface area contributed by atoms with Crippen LogP contribution in [0.2, 0.25) is 0 Å². The van der Waals surface area contributed by atoms with Gasteiger partial charge in [0, 0.05) is 18.0 Å². The summed E-state index contributed by atoms with van der Waals surface area (Å²) in [6.07, 6.45) is 1.01. The van der Waals surface area contributed by atoms with E-state index in [2.05, 4.69) is 55.9 Å². The monoisotopic (exact) mass is 247 g/mol. The van der Waals surface area contributed by atoms with Crippen LogP contribution < -0.4 is 16.6 Å². The zero-order valence-corrected chi connectivity index (χ0v) is 11.6. The standard InChI is InChI=1S/C15H25N3/c1-10(2)12-4-6-13(7-5-12)15-11(3)17-18-14(15)8-9-16/h4-7,10-11,14-15,17-18H,8-9,16H2,1-3H3. The van der Waals surface area contributed by atoms with Crippen molar-refractivity contribution in [2.24, 2.45) is 5.73 Å². The Morgan fingerprint density at radius 2 is 1.83 bits per heavy atom. The highest BCUT2D eigenvalue weighted by Crippen LogP contribution is 2.29. The first-order valence-electron chi connectivity index (χ1n) is 6.94. The number of hydrazine groups is 1. The molecule has 1 heterocycles. The maximum absolute atomic E-state index is 5.69. The lowest BCUT2D eigenvalue weighted by atomic mass is 9.85. The lowest BCUT2D eigenvalue weighted by Crippen LogP contribution is -2.33. The molecule has 3 atom stereocenters. The molecule has 2 rings (SSSR count). The first kappa shape index (κ1) is 13.5. The van der Waals surface area contributed by atoms with Crippen LogP contribution in [0, 0.1) is 0 Å². The Balaban J connectivity index is 2.18. The fourth-order valence-corrected chi connectivity index (χ4v) is 2.82. The van der Waals surface area contributed by atoms with Gasteiger partial charge in [-0.25, -0.2) is 0 Å². The summed E-state index contributed by atoms with van der Waals surface area (Å²) in [6, 6.07) is 9.94. The molecule has 1 saturated heterocycles. The van der Waals surface area contributed by atoms with Crippen LogP contribution in [-0.4, -0.2) is 18.6 Å². The second-order valence-electron chi connectivity index (χ2n) is 5.61. The van der Waals surface area contributed by atoms with Crippen molar-refractivity contribution >= 4 is 0 Å². The molecule has 1 aliphatic heterocycles. The van der Waals surface area contributed by atoms with Gasteiger partial charge in [-0.05, 0) is 36.9 Å². The van der Waals surface area contributed by atoms with Gasteiger partial charge in [0.25, 0.3) is 0 Å². The zero-order chi connectivity index (χ0) is 13.1. The van der Waals surface area contributed by atoms with Gasteiger partial charge < -0.3 is 5.73 Å². The highest BCUT2D eigenvalue weighted by Gasteiger charge is 2.33. The number of hydrogen-bond donors (Lipinski definition) is 3. The van der Waals surface area contributed by atoms with Crippen LogP contribution >= 0.6 is 0 Å². The van der Waals surface area contributed by atoms with Crippen LogP contribution in [0.15, 0.2) is 24.3 Å². The van der Waals surface area contributed by atoms with Crippen molar-refractivity contribution in [3.05, 3.63) is 35.4 Å². The highest BCUT2D eigenvalue weighted by molar-refractivity contribution is 5.30. The minimum absolute atomic E-state index is 0.440. The molecule has 0 amide bonds. The Kier molecular flexibility index (Phi) is 4.38. The van der Waals surface area contributed by atoms with Crippen molar-refractivity contribution < 1.29 is 0 Å². The predicted molar refractivity (Wildman–Crippen MR) is 76.5 cm³/mol. The van der Waals surface area contributed by atoms with Crippen molar-refractivity contribution in [2.75, 3.05) is 6.54 Å². The molecule has 1 aromatic carbocycles. The molecule has 1 aliphatic rings. The van der Waals surface area contributed by atoms with Gasteiger partial charge in [-0.1, -0.05) is 38.1 Å². The smallest absolute Gasteiger partial charge is 0.0309 e. The number of nitrogens with one attached hydrogen (secondary N) is 2. The number of nitrogens with two attached hydrogens (primary N) is 1. The van der Waals surface area contributed by atoms with E-state index in [0.29, 0.717) is 23.9 Å². The number of rotatable bonds is 4. The van der Waals surface area contributed by atoms with Gasteiger partial charge in [-0.2, -0.15) is 0 Å². The summed E-state index contributed by atoms with van der Waals surface area (Å²) in [5.41, 5.74) is 15.2. The quantitative estimate of drug-likeness (QED) is 0.764.